The molecule has 114 valence electrons. The molecule has 0 aliphatic rings. The van der Waals surface area contributed by atoms with Crippen LogP contribution in [0.25, 0.3) is 0 Å². The molecule has 0 spiro atoms. The van der Waals surface area contributed by atoms with Gasteiger partial charge in [-0.25, -0.2) is 4.79 Å². The van der Waals surface area contributed by atoms with Gasteiger partial charge >= 0.3 is 12.0 Å². The monoisotopic (exact) mass is 292 g/mol. The third-order valence-electron chi connectivity index (χ3n) is 2.62. The van der Waals surface area contributed by atoms with Gasteiger partial charge in [-0.05, 0) is 13.3 Å². The second kappa shape index (κ2) is 8.73. The number of carbonyl (C=O) groups excluding carboxylic acids is 3. The Kier molecular flexibility index (Phi) is 6.94. The van der Waals surface area contributed by atoms with Crippen LogP contribution in [0, 0.1) is 0 Å². The van der Waals surface area contributed by atoms with Crippen LogP contribution in [0.3, 0.4) is 0 Å². The summed E-state index contributed by atoms with van der Waals surface area (Å²) >= 11 is 0. The van der Waals surface area contributed by atoms with E-state index in [2.05, 4.69) is 10.6 Å². The fraction of sp³-hybridized carbons (Fsp3) is 0.400. The summed E-state index contributed by atoms with van der Waals surface area (Å²) in [6.45, 7) is 3.97. The average molecular weight is 292 g/mol. The van der Waals surface area contributed by atoms with E-state index >= 15 is 0 Å². The summed E-state index contributed by atoms with van der Waals surface area (Å²) in [6, 6.07) is 7.97. The molecular weight excluding hydrogens is 272 g/mol. The van der Waals surface area contributed by atoms with Crippen molar-refractivity contribution in [1.82, 2.24) is 10.6 Å². The summed E-state index contributed by atoms with van der Waals surface area (Å²) in [5, 5.41) is 4.61. The average Bonchev–Trinajstić information content (AvgIpc) is 2.46. The van der Waals surface area contributed by atoms with Gasteiger partial charge in [0, 0.05) is 18.5 Å². The minimum Gasteiger partial charge on any atom is -0.447 e. The molecule has 0 aliphatic carbocycles. The molecule has 2 N–H and O–H groups in total. The number of imide groups is 1. The molecule has 1 rings (SSSR count). The number of hydrogen-bond acceptors (Lipinski definition) is 4. The highest BCUT2D eigenvalue weighted by atomic mass is 16.5. The Bertz CT molecular complexity index is 488. The smallest absolute Gasteiger partial charge is 0.321 e. The SMILES string of the molecule is CCCC(=O)O[C@@H](C(=O)NC(=O)NCC)c1ccccc1. The largest absolute Gasteiger partial charge is 0.447 e. The molecule has 0 saturated carbocycles. The van der Waals surface area contributed by atoms with Gasteiger partial charge in [0.25, 0.3) is 5.91 Å². The van der Waals surface area contributed by atoms with E-state index in [9.17, 15) is 14.4 Å². The predicted octanol–water partition coefficient (Wildman–Crippen LogP) is 1.92. The number of hydrogen-bond donors (Lipinski definition) is 2. The lowest BCUT2D eigenvalue weighted by Gasteiger charge is -2.17. The first-order valence-corrected chi connectivity index (χ1v) is 6.91. The van der Waals surface area contributed by atoms with E-state index in [4.69, 9.17) is 4.74 Å². The van der Waals surface area contributed by atoms with Crippen molar-refractivity contribution in [3.05, 3.63) is 35.9 Å². The van der Waals surface area contributed by atoms with Crippen LogP contribution in [-0.4, -0.2) is 24.5 Å². The van der Waals surface area contributed by atoms with Gasteiger partial charge in [0.2, 0.25) is 6.10 Å². The van der Waals surface area contributed by atoms with E-state index < -0.39 is 24.0 Å². The van der Waals surface area contributed by atoms with E-state index in [-0.39, 0.29) is 6.42 Å². The number of amides is 3. The molecule has 0 fully saturated rings. The Labute approximate surface area is 123 Å². The minimum absolute atomic E-state index is 0.220. The Morgan fingerprint density at radius 3 is 2.38 bits per heavy atom. The zero-order valence-electron chi connectivity index (χ0n) is 12.2. The maximum Gasteiger partial charge on any atom is 0.321 e. The standard InChI is InChI=1S/C15H20N2O4/c1-3-8-12(18)21-13(11-9-6-5-7-10-11)14(19)17-15(20)16-4-2/h5-7,9-10,13H,3-4,8H2,1-2H3,(H2,16,17,19,20)/t13-/m1/s1. The lowest BCUT2D eigenvalue weighted by Crippen LogP contribution is -2.42. The first kappa shape index (κ1) is 16.7. The van der Waals surface area contributed by atoms with Gasteiger partial charge in [-0.15, -0.1) is 0 Å². The number of urea groups is 1. The van der Waals surface area contributed by atoms with Crippen LogP contribution in [0.5, 0.6) is 0 Å². The second-order valence-corrected chi connectivity index (χ2v) is 4.38. The molecule has 3 amide bonds. The topological polar surface area (TPSA) is 84.5 Å². The Balaban J connectivity index is 2.83. The van der Waals surface area contributed by atoms with Crippen LogP contribution in [0.15, 0.2) is 30.3 Å². The maximum absolute atomic E-state index is 12.1. The summed E-state index contributed by atoms with van der Waals surface area (Å²) in [7, 11) is 0. The Morgan fingerprint density at radius 1 is 1.14 bits per heavy atom. The van der Waals surface area contributed by atoms with Crippen LogP contribution in [0.4, 0.5) is 4.79 Å². The van der Waals surface area contributed by atoms with E-state index in [1.54, 1.807) is 37.3 Å². The summed E-state index contributed by atoms with van der Waals surface area (Å²) in [6.07, 6.45) is -0.288. The molecule has 0 radical (unpaired) electrons. The van der Waals surface area contributed by atoms with Crippen molar-refractivity contribution >= 4 is 17.9 Å². The van der Waals surface area contributed by atoms with Gasteiger partial charge in [-0.3, -0.25) is 14.9 Å². The number of nitrogens with one attached hydrogen (secondary N) is 2. The third-order valence-corrected chi connectivity index (χ3v) is 2.62. The van der Waals surface area contributed by atoms with Crippen LogP contribution in [-0.2, 0) is 14.3 Å². The van der Waals surface area contributed by atoms with E-state index in [0.29, 0.717) is 18.5 Å². The zero-order valence-corrected chi connectivity index (χ0v) is 12.2. The molecule has 0 bridgehead atoms. The number of ether oxygens (including phenoxy) is 1. The molecule has 0 heterocycles. The lowest BCUT2D eigenvalue weighted by atomic mass is 10.1. The summed E-state index contributed by atoms with van der Waals surface area (Å²) in [5.74, 6) is -1.14. The molecule has 0 saturated heterocycles. The third kappa shape index (κ3) is 5.64. The molecule has 1 aromatic rings. The van der Waals surface area contributed by atoms with Crippen LogP contribution >= 0.6 is 0 Å². The quantitative estimate of drug-likeness (QED) is 0.784. The molecule has 6 heteroatoms. The van der Waals surface area contributed by atoms with Crippen molar-refractivity contribution in [1.29, 1.82) is 0 Å². The van der Waals surface area contributed by atoms with Gasteiger partial charge < -0.3 is 10.1 Å². The molecule has 6 nitrogen and oxygen atoms in total. The van der Waals surface area contributed by atoms with Gasteiger partial charge in [0.05, 0.1) is 0 Å². The fourth-order valence-electron chi connectivity index (χ4n) is 1.68. The van der Waals surface area contributed by atoms with Crippen LogP contribution in [0.1, 0.15) is 38.4 Å². The van der Waals surface area contributed by atoms with Crippen molar-refractivity contribution < 1.29 is 19.1 Å². The summed E-state index contributed by atoms with van der Waals surface area (Å²) < 4.78 is 5.19. The molecule has 0 aromatic heterocycles. The number of rotatable bonds is 6. The molecule has 0 unspecified atom stereocenters. The highest BCUT2D eigenvalue weighted by molar-refractivity contribution is 5.97. The van der Waals surface area contributed by atoms with Gasteiger partial charge in [-0.2, -0.15) is 0 Å². The number of esters is 1. The minimum atomic E-state index is -1.13. The summed E-state index contributed by atoms with van der Waals surface area (Å²) in [4.78, 5) is 35.2. The molecular formula is C15H20N2O4. The van der Waals surface area contributed by atoms with Crippen molar-refractivity contribution in [3.8, 4) is 0 Å². The highest BCUT2D eigenvalue weighted by Gasteiger charge is 2.25. The van der Waals surface area contributed by atoms with Gasteiger partial charge in [0.1, 0.15) is 0 Å². The van der Waals surface area contributed by atoms with Crippen molar-refractivity contribution in [2.75, 3.05) is 6.54 Å². The molecule has 1 aromatic carbocycles. The van der Waals surface area contributed by atoms with Crippen molar-refractivity contribution in [2.24, 2.45) is 0 Å². The van der Waals surface area contributed by atoms with Crippen molar-refractivity contribution in [3.63, 3.8) is 0 Å². The van der Waals surface area contributed by atoms with E-state index in [1.807, 2.05) is 6.92 Å². The predicted molar refractivity (Wildman–Crippen MR) is 77.4 cm³/mol. The zero-order chi connectivity index (χ0) is 15.7. The van der Waals surface area contributed by atoms with Crippen molar-refractivity contribution in [2.45, 2.75) is 32.8 Å². The van der Waals surface area contributed by atoms with Gasteiger partial charge in [0.15, 0.2) is 0 Å². The molecule has 1 atom stereocenters. The van der Waals surface area contributed by atoms with E-state index in [0.717, 1.165) is 0 Å². The lowest BCUT2D eigenvalue weighted by molar-refractivity contribution is -0.156. The molecule has 21 heavy (non-hydrogen) atoms. The fourth-order valence-corrected chi connectivity index (χ4v) is 1.68. The van der Waals surface area contributed by atoms with E-state index in [1.165, 1.54) is 0 Å². The molecule has 0 aliphatic heterocycles. The second-order valence-electron chi connectivity index (χ2n) is 4.38. The number of carbonyl (C=O) groups is 3. The van der Waals surface area contributed by atoms with Crippen LogP contribution < -0.4 is 10.6 Å². The summed E-state index contributed by atoms with van der Waals surface area (Å²) in [5.41, 5.74) is 0.517. The first-order chi connectivity index (χ1) is 10.1. The first-order valence-electron chi connectivity index (χ1n) is 6.91. The normalized spacial score (nSPS) is 11.3. The number of benzene rings is 1. The van der Waals surface area contributed by atoms with Crippen LogP contribution in [0.2, 0.25) is 0 Å². The van der Waals surface area contributed by atoms with Gasteiger partial charge in [-0.1, -0.05) is 37.3 Å². The highest BCUT2D eigenvalue weighted by Crippen LogP contribution is 2.18. The Hall–Kier alpha value is -2.37. The maximum atomic E-state index is 12.1. The Morgan fingerprint density at radius 2 is 1.81 bits per heavy atom.